The normalized spacial score (nSPS) is 11.1. The first-order valence-electron chi connectivity index (χ1n) is 34.7. The lowest BCUT2D eigenvalue weighted by molar-refractivity contribution is -0.144. The predicted octanol–water partition coefficient (Wildman–Crippen LogP) is 25.4. The molecule has 446 valence electrons. The molecule has 0 aromatic rings. The van der Waals surface area contributed by atoms with E-state index in [0.29, 0.717) is 26.1 Å². The van der Waals surface area contributed by atoms with Gasteiger partial charge < -0.3 is 9.47 Å². The van der Waals surface area contributed by atoms with E-state index in [-0.39, 0.29) is 11.9 Å². The highest BCUT2D eigenvalue weighted by atomic mass is 16.5. The number of ether oxygens (including phenoxy) is 2. The van der Waals surface area contributed by atoms with Gasteiger partial charge in [0.2, 0.25) is 0 Å². The monoisotopic (exact) mass is 1050 g/mol. The number of rotatable bonds is 60. The van der Waals surface area contributed by atoms with Crippen LogP contribution in [0.3, 0.4) is 0 Å². The molecule has 0 radical (unpaired) electrons. The van der Waals surface area contributed by atoms with Crippen molar-refractivity contribution in [3.05, 3.63) is 0 Å². The average Bonchev–Trinajstić information content (AvgIpc) is 3.39. The summed E-state index contributed by atoms with van der Waals surface area (Å²) in [6.07, 6.45) is 77.3. The van der Waals surface area contributed by atoms with Crippen molar-refractivity contribution in [2.75, 3.05) is 13.2 Å². The van der Waals surface area contributed by atoms with E-state index < -0.39 is 0 Å². The quantitative estimate of drug-likeness (QED) is 0.0450. The van der Waals surface area contributed by atoms with Gasteiger partial charge in [-0.05, 0) is 31.6 Å². The van der Waals surface area contributed by atoms with Crippen LogP contribution in [-0.4, -0.2) is 25.2 Å². The highest BCUT2D eigenvalue weighted by Gasteiger charge is 2.05. The molecule has 0 fully saturated rings. The molecule has 4 heteroatoms. The lowest BCUT2D eigenvalue weighted by Gasteiger charge is -2.06. The maximum atomic E-state index is 11.8. The van der Waals surface area contributed by atoms with Gasteiger partial charge in [0.25, 0.3) is 0 Å². The standard InChI is InChI=1S/C28H56O2.C26H52O2.C16H34/c1-3-5-7-9-11-13-15-17-19-21-23-25-27-30-28(29)26-24-22-20-18-16-14-12-10-8-6-4-2;1-3-5-7-9-11-12-13-14-15-16-17-18-19-20-22-24-26(27)28-25-23-21-10-8-6-4-2;1-4-5-6-7-8-9-10-11-12-13-14-15-16(2)3/h3-27H2,1-2H3;3-25H2,1-2H3;16H,4-15H2,1-3H3. The zero-order valence-corrected chi connectivity index (χ0v) is 52.6. The lowest BCUT2D eigenvalue weighted by Crippen LogP contribution is -2.05. The van der Waals surface area contributed by atoms with Gasteiger partial charge in [0.1, 0.15) is 0 Å². The van der Waals surface area contributed by atoms with Gasteiger partial charge in [-0.15, -0.1) is 0 Å². The van der Waals surface area contributed by atoms with Crippen LogP contribution in [-0.2, 0) is 19.1 Å². The maximum absolute atomic E-state index is 11.8. The van der Waals surface area contributed by atoms with E-state index in [1.165, 1.54) is 334 Å². The molecule has 0 saturated heterocycles. The van der Waals surface area contributed by atoms with Crippen LogP contribution < -0.4 is 0 Å². The van der Waals surface area contributed by atoms with Crippen molar-refractivity contribution in [2.45, 2.75) is 421 Å². The fourth-order valence-electron chi connectivity index (χ4n) is 10.1. The largest absolute Gasteiger partial charge is 0.466 e. The Morgan fingerprint density at radius 2 is 0.392 bits per heavy atom. The summed E-state index contributed by atoms with van der Waals surface area (Å²) in [7, 11) is 0. The van der Waals surface area contributed by atoms with Crippen molar-refractivity contribution < 1.29 is 19.1 Å². The van der Waals surface area contributed by atoms with Gasteiger partial charge in [-0.1, -0.05) is 382 Å². The Balaban J connectivity index is -0.00000107. The molecule has 74 heavy (non-hydrogen) atoms. The first-order chi connectivity index (χ1) is 36.4. The fourth-order valence-corrected chi connectivity index (χ4v) is 10.1. The third-order valence-electron chi connectivity index (χ3n) is 15.4. The van der Waals surface area contributed by atoms with Crippen LogP contribution in [0.4, 0.5) is 0 Å². The number of hydrogen-bond donors (Lipinski definition) is 0. The third-order valence-corrected chi connectivity index (χ3v) is 15.4. The summed E-state index contributed by atoms with van der Waals surface area (Å²) in [5, 5.41) is 0. The second-order valence-electron chi connectivity index (χ2n) is 23.8. The third kappa shape index (κ3) is 79.8. The summed E-state index contributed by atoms with van der Waals surface area (Å²) < 4.78 is 10.7. The molecule has 0 rings (SSSR count). The highest BCUT2D eigenvalue weighted by molar-refractivity contribution is 5.69. The summed E-state index contributed by atoms with van der Waals surface area (Å²) in [5.74, 6) is 0.941. The molecule has 0 saturated carbocycles. The van der Waals surface area contributed by atoms with Crippen LogP contribution in [0.2, 0.25) is 0 Å². The van der Waals surface area contributed by atoms with Crippen molar-refractivity contribution in [1.82, 2.24) is 0 Å². The molecule has 0 N–H and O–H groups in total. The zero-order chi connectivity index (χ0) is 54.6. The molecule has 4 nitrogen and oxygen atoms in total. The average molecular weight is 1050 g/mol. The van der Waals surface area contributed by atoms with E-state index in [4.69, 9.17) is 9.47 Å². The highest BCUT2D eigenvalue weighted by Crippen LogP contribution is 2.17. The Bertz CT molecular complexity index is 978. The smallest absolute Gasteiger partial charge is 0.305 e. The molecular weight excluding hydrogens is 905 g/mol. The molecule has 0 spiro atoms. The number of unbranched alkanes of at least 4 members (excludes halogenated alkanes) is 50. The van der Waals surface area contributed by atoms with Crippen LogP contribution in [0, 0.1) is 5.92 Å². The van der Waals surface area contributed by atoms with Crippen LogP contribution in [0.25, 0.3) is 0 Å². The Labute approximate surface area is 468 Å². The van der Waals surface area contributed by atoms with Crippen LogP contribution in [0.1, 0.15) is 421 Å². The van der Waals surface area contributed by atoms with E-state index >= 15 is 0 Å². The van der Waals surface area contributed by atoms with Crippen molar-refractivity contribution >= 4 is 11.9 Å². The van der Waals surface area contributed by atoms with Crippen LogP contribution >= 0.6 is 0 Å². The van der Waals surface area contributed by atoms with Gasteiger partial charge in [-0.2, -0.15) is 0 Å². The minimum absolute atomic E-state index is 0.0169. The Kier molecular flexibility index (Phi) is 77.2. The van der Waals surface area contributed by atoms with Crippen molar-refractivity contribution in [2.24, 2.45) is 5.92 Å². The van der Waals surface area contributed by atoms with Gasteiger partial charge in [0, 0.05) is 12.8 Å². The summed E-state index contributed by atoms with van der Waals surface area (Å²) in [6.45, 7) is 17.3. The molecule has 0 heterocycles. The molecule has 0 aliphatic carbocycles. The predicted molar refractivity (Wildman–Crippen MR) is 333 cm³/mol. The van der Waals surface area contributed by atoms with E-state index in [1.54, 1.807) is 0 Å². The zero-order valence-electron chi connectivity index (χ0n) is 52.6. The first kappa shape index (κ1) is 77.2. The Morgan fingerprint density at radius 1 is 0.230 bits per heavy atom. The lowest BCUT2D eigenvalue weighted by atomic mass is 10.0. The molecular formula is C70H142O4. The molecule has 0 aliphatic rings. The van der Waals surface area contributed by atoms with E-state index in [9.17, 15) is 9.59 Å². The van der Waals surface area contributed by atoms with Gasteiger partial charge in [0.15, 0.2) is 0 Å². The van der Waals surface area contributed by atoms with E-state index in [0.717, 1.165) is 31.6 Å². The van der Waals surface area contributed by atoms with Gasteiger partial charge >= 0.3 is 11.9 Å². The van der Waals surface area contributed by atoms with E-state index in [1.807, 2.05) is 0 Å². The Hall–Kier alpha value is -1.06. The second kappa shape index (κ2) is 74.0. The van der Waals surface area contributed by atoms with Gasteiger partial charge in [-0.25, -0.2) is 0 Å². The minimum Gasteiger partial charge on any atom is -0.466 e. The maximum Gasteiger partial charge on any atom is 0.305 e. The fraction of sp³-hybridized carbons (Fsp3) is 0.971. The molecule has 0 unspecified atom stereocenters. The topological polar surface area (TPSA) is 52.6 Å². The molecule has 0 amide bonds. The molecule has 0 aromatic heterocycles. The molecule has 0 aliphatic heterocycles. The summed E-state index contributed by atoms with van der Waals surface area (Å²) in [6, 6.07) is 0. The van der Waals surface area contributed by atoms with Crippen molar-refractivity contribution in [3.8, 4) is 0 Å². The molecule has 0 atom stereocenters. The van der Waals surface area contributed by atoms with Crippen LogP contribution in [0.15, 0.2) is 0 Å². The number of hydrogen-bond acceptors (Lipinski definition) is 4. The number of esters is 2. The van der Waals surface area contributed by atoms with Gasteiger partial charge in [0.05, 0.1) is 13.2 Å². The summed E-state index contributed by atoms with van der Waals surface area (Å²) in [4.78, 5) is 23.5. The number of carbonyl (C=O) groups excluding carboxylic acids is 2. The Morgan fingerprint density at radius 3 is 0.581 bits per heavy atom. The van der Waals surface area contributed by atoms with Crippen LogP contribution in [0.5, 0.6) is 0 Å². The minimum atomic E-state index is 0.0169. The number of carbonyl (C=O) groups is 2. The molecule has 0 aromatic carbocycles. The first-order valence-corrected chi connectivity index (χ1v) is 34.7. The van der Waals surface area contributed by atoms with Crippen molar-refractivity contribution in [1.29, 1.82) is 0 Å². The summed E-state index contributed by atoms with van der Waals surface area (Å²) >= 11 is 0. The summed E-state index contributed by atoms with van der Waals surface area (Å²) in [5.41, 5.74) is 0. The van der Waals surface area contributed by atoms with E-state index in [2.05, 4.69) is 48.5 Å². The van der Waals surface area contributed by atoms with Gasteiger partial charge in [-0.3, -0.25) is 9.59 Å². The molecule has 0 bridgehead atoms. The SMILES string of the molecule is CCCCCCCCCCCCCC(C)C.CCCCCCCCCCCCCCCCCC(=O)OCCCCCCCC.CCCCCCCCCCCCCCOC(=O)CCCCCCCCCCCCC. The second-order valence-corrected chi connectivity index (χ2v) is 23.8. The van der Waals surface area contributed by atoms with Crippen molar-refractivity contribution in [3.63, 3.8) is 0 Å².